The number of nitrogens with zero attached hydrogens (tertiary/aromatic N) is 6. The molecule has 0 bridgehead atoms. The molecule has 2 aromatic heterocycles. The smallest absolute Gasteiger partial charge is 0.258 e. The number of piperazine rings is 1. The number of alkyl halides is 1. The van der Waals surface area contributed by atoms with E-state index in [1.165, 1.54) is 18.0 Å². The van der Waals surface area contributed by atoms with Crippen molar-refractivity contribution < 1.29 is 28.3 Å². The number of nitrogens with one attached hydrogen (secondary N) is 4. The molecular formula is C50H58ClFN10O5S2. The Labute approximate surface area is 415 Å². The number of rotatable bonds is 18. The van der Waals surface area contributed by atoms with Crippen molar-refractivity contribution in [3.8, 4) is 16.2 Å². The Morgan fingerprint density at radius 3 is 2.43 bits per heavy atom. The fourth-order valence-electron chi connectivity index (χ4n) is 8.63. The van der Waals surface area contributed by atoms with Gasteiger partial charge in [-0.1, -0.05) is 60.1 Å². The van der Waals surface area contributed by atoms with E-state index in [2.05, 4.69) is 53.3 Å². The number of hydrogen-bond acceptors (Lipinski definition) is 13. The Hall–Kier alpha value is -5.82. The van der Waals surface area contributed by atoms with Crippen molar-refractivity contribution in [2.45, 2.75) is 87.8 Å². The van der Waals surface area contributed by atoms with Gasteiger partial charge in [-0.15, -0.1) is 23.1 Å². The van der Waals surface area contributed by atoms with Crippen LogP contribution in [-0.4, -0.2) is 123 Å². The first kappa shape index (κ1) is 49.6. The van der Waals surface area contributed by atoms with Crippen LogP contribution < -0.4 is 26.0 Å². The van der Waals surface area contributed by atoms with Gasteiger partial charge in [0.2, 0.25) is 17.8 Å². The Kier molecular flexibility index (Phi) is 15.4. The molecule has 5 aromatic rings. The first-order valence-corrected chi connectivity index (χ1v) is 25.3. The molecule has 1 saturated carbocycles. The van der Waals surface area contributed by atoms with Gasteiger partial charge in [-0.2, -0.15) is 4.98 Å². The van der Waals surface area contributed by atoms with Crippen LogP contribution in [0.25, 0.3) is 10.4 Å². The summed E-state index contributed by atoms with van der Waals surface area (Å²) >= 11 is 9.23. The van der Waals surface area contributed by atoms with Gasteiger partial charge >= 0.3 is 0 Å². The van der Waals surface area contributed by atoms with Gasteiger partial charge < -0.3 is 35.8 Å². The minimum absolute atomic E-state index is 0.0862. The van der Waals surface area contributed by atoms with E-state index in [0.29, 0.717) is 98.2 Å². The van der Waals surface area contributed by atoms with Gasteiger partial charge in [-0.25, -0.2) is 14.4 Å². The average molecular weight is 998 g/mol. The maximum atomic E-state index is 15.2. The zero-order valence-corrected chi connectivity index (χ0v) is 41.8. The number of anilines is 3. The molecule has 4 N–H and O–H groups in total. The molecule has 8 rings (SSSR count). The largest absolute Gasteiger partial charge is 0.495 e. The fourth-order valence-corrected chi connectivity index (χ4v) is 10.7. The van der Waals surface area contributed by atoms with Crippen LogP contribution in [0.2, 0.25) is 5.02 Å². The average Bonchev–Trinajstić information content (AvgIpc) is 3.68. The summed E-state index contributed by atoms with van der Waals surface area (Å²) in [6.45, 7) is 9.59. The van der Waals surface area contributed by atoms with Crippen molar-refractivity contribution >= 4 is 75.8 Å². The van der Waals surface area contributed by atoms with Crippen LogP contribution in [0.4, 0.5) is 21.8 Å². The molecule has 3 aromatic carbocycles. The van der Waals surface area contributed by atoms with Crippen LogP contribution in [0.15, 0.2) is 78.4 Å². The van der Waals surface area contributed by atoms with E-state index in [4.69, 9.17) is 16.3 Å². The number of carbonyl (C=O) groups excluding carboxylic acids is 4. The molecule has 19 heteroatoms. The maximum absolute atomic E-state index is 15.2. The monoisotopic (exact) mass is 996 g/mol. The first-order chi connectivity index (χ1) is 33.1. The molecule has 2 saturated heterocycles. The van der Waals surface area contributed by atoms with E-state index < -0.39 is 28.4 Å². The molecule has 4 amide bonds. The zero-order chi connectivity index (χ0) is 48.9. The number of likely N-dealkylation sites (tertiary alicyclic amines) is 1. The van der Waals surface area contributed by atoms with Gasteiger partial charge in [-0.3, -0.25) is 24.1 Å². The van der Waals surface area contributed by atoms with Crippen molar-refractivity contribution in [1.82, 2.24) is 40.3 Å². The summed E-state index contributed by atoms with van der Waals surface area (Å²) in [5.74, 6) is 0.281. The highest BCUT2D eigenvalue weighted by molar-refractivity contribution is 7.99. The van der Waals surface area contributed by atoms with Crippen molar-refractivity contribution in [2.24, 2.45) is 0 Å². The van der Waals surface area contributed by atoms with E-state index in [1.54, 1.807) is 48.6 Å². The van der Waals surface area contributed by atoms with Crippen LogP contribution in [0.1, 0.15) is 72.3 Å². The lowest BCUT2D eigenvalue weighted by Gasteiger charge is -2.37. The van der Waals surface area contributed by atoms with Crippen LogP contribution >= 0.6 is 34.7 Å². The summed E-state index contributed by atoms with van der Waals surface area (Å²) in [7, 11) is 3.26. The number of thiazole rings is 1. The zero-order valence-electron chi connectivity index (χ0n) is 39.4. The third-order valence-electron chi connectivity index (χ3n) is 12.9. The standard InChI is InChI=1S/C50H58ClFN10O5S2/c1-31-41(68-30-56-31)35-13-11-32(12-14-35)26-54-44(63)39-10-7-19-62(39)46(65)42(58-47(66)50(52)17-18-50)49(2,3)69-29-34-9-6-8-33(24-34)28-60-20-22-61(23-21-60)45(64)36-15-16-38(40(25-36)67-5)57-48-55-27-37(51)43(53-4)59-48/h6,8-9,11-16,24-25,27,30,39,42H,7,10,17-23,26,28-29H2,1-5H3,(H,54,63)(H,58,66)(H2,53,55,57,59). The highest BCUT2D eigenvalue weighted by Gasteiger charge is 2.53. The lowest BCUT2D eigenvalue weighted by atomic mass is 10.00. The quantitative estimate of drug-likeness (QED) is 0.0678. The topological polar surface area (TPSA) is 174 Å². The van der Waals surface area contributed by atoms with Crippen molar-refractivity contribution in [2.75, 3.05) is 57.5 Å². The molecule has 2 aliphatic heterocycles. The molecule has 1 aliphatic carbocycles. The Morgan fingerprint density at radius 1 is 0.986 bits per heavy atom. The van der Waals surface area contributed by atoms with E-state index >= 15 is 4.39 Å². The molecular weight excluding hydrogens is 939 g/mol. The molecule has 2 atom stereocenters. The molecule has 0 spiro atoms. The van der Waals surface area contributed by atoms with Gasteiger partial charge in [0.15, 0.2) is 5.67 Å². The second kappa shape index (κ2) is 21.4. The highest BCUT2D eigenvalue weighted by atomic mass is 35.5. The van der Waals surface area contributed by atoms with Crippen LogP contribution in [-0.2, 0) is 33.2 Å². The van der Waals surface area contributed by atoms with Gasteiger partial charge in [0, 0.05) is 68.9 Å². The SMILES string of the molecule is CNc1nc(Nc2ccc(C(=O)N3CCN(Cc4cccc(CSC(C)(C)C(NC(=O)C5(F)CC5)C(=O)N5CCCC5C(=O)NCc5ccc(-c6scnc6C)cc5)c4)CC3)cc2OC)ncc1Cl. The highest BCUT2D eigenvalue weighted by Crippen LogP contribution is 2.41. The molecule has 3 aliphatic rings. The number of aryl methyl sites for hydroxylation is 1. The van der Waals surface area contributed by atoms with Crippen molar-refractivity contribution in [3.05, 3.63) is 111 Å². The van der Waals surface area contributed by atoms with E-state index in [1.807, 2.05) is 67.6 Å². The number of hydrogen-bond donors (Lipinski definition) is 4. The molecule has 3 fully saturated rings. The third kappa shape index (κ3) is 11.8. The van der Waals surface area contributed by atoms with Gasteiger partial charge in [-0.05, 0) is 86.9 Å². The van der Waals surface area contributed by atoms with Gasteiger partial charge in [0.05, 0.1) is 35.1 Å². The lowest BCUT2D eigenvalue weighted by molar-refractivity contribution is -0.143. The maximum Gasteiger partial charge on any atom is 0.258 e. The summed E-state index contributed by atoms with van der Waals surface area (Å²) in [4.78, 5) is 74.9. The summed E-state index contributed by atoms with van der Waals surface area (Å²) in [5, 5.41) is 12.3. The molecule has 2 unspecified atom stereocenters. The molecule has 0 radical (unpaired) electrons. The number of benzene rings is 3. The van der Waals surface area contributed by atoms with Gasteiger partial charge in [0.1, 0.15) is 28.7 Å². The van der Waals surface area contributed by atoms with Crippen LogP contribution in [0, 0.1) is 6.92 Å². The number of halogens is 2. The summed E-state index contributed by atoms with van der Waals surface area (Å²) in [5.41, 5.74) is 6.05. The van der Waals surface area contributed by atoms with E-state index in [9.17, 15) is 19.2 Å². The minimum atomic E-state index is -1.98. The van der Waals surface area contributed by atoms with Crippen LogP contribution in [0.5, 0.6) is 5.75 Å². The van der Waals surface area contributed by atoms with E-state index in [-0.39, 0.29) is 30.6 Å². The lowest BCUT2D eigenvalue weighted by Crippen LogP contribution is -2.60. The van der Waals surface area contributed by atoms with Crippen molar-refractivity contribution in [1.29, 1.82) is 0 Å². The number of methoxy groups -OCH3 is 1. The Morgan fingerprint density at radius 2 is 1.74 bits per heavy atom. The number of ether oxygens (including phenoxy) is 1. The second-order valence-corrected chi connectivity index (χ2v) is 21.1. The minimum Gasteiger partial charge on any atom is -0.495 e. The number of thioether (sulfide) groups is 1. The first-order valence-electron chi connectivity index (χ1n) is 23.1. The normalized spacial score (nSPS) is 17.2. The second-order valence-electron chi connectivity index (χ2n) is 18.2. The van der Waals surface area contributed by atoms with Crippen LogP contribution in [0.3, 0.4) is 0 Å². The summed E-state index contributed by atoms with van der Waals surface area (Å²) in [6, 6.07) is 19.7. The Bertz CT molecular complexity index is 2680. The van der Waals surface area contributed by atoms with E-state index in [0.717, 1.165) is 32.8 Å². The molecule has 4 heterocycles. The molecule has 69 heavy (non-hydrogen) atoms. The fraction of sp³-hybridized carbons (Fsp3) is 0.420. The summed E-state index contributed by atoms with van der Waals surface area (Å²) in [6.07, 6.45) is 2.86. The molecule has 15 nitrogen and oxygen atoms in total. The number of carbonyl (C=O) groups is 4. The van der Waals surface area contributed by atoms with Gasteiger partial charge in [0.25, 0.3) is 11.8 Å². The number of aromatic nitrogens is 3. The molecule has 364 valence electrons. The number of amides is 4. The predicted octanol–water partition coefficient (Wildman–Crippen LogP) is 7.62. The summed E-state index contributed by atoms with van der Waals surface area (Å²) < 4.78 is 19.9. The predicted molar refractivity (Wildman–Crippen MR) is 270 cm³/mol. The third-order valence-corrected chi connectivity index (χ3v) is 15.6. The van der Waals surface area contributed by atoms with Crippen molar-refractivity contribution in [3.63, 3.8) is 0 Å². The Balaban J connectivity index is 0.855.